The second kappa shape index (κ2) is 7.90. The zero-order valence-electron chi connectivity index (χ0n) is 14.2. The molecule has 0 saturated carbocycles. The molecule has 0 bridgehead atoms. The molecular weight excluding hydrogens is 368 g/mol. The summed E-state index contributed by atoms with van der Waals surface area (Å²) in [4.78, 5) is 1.42. The molecule has 2 fully saturated rings. The van der Waals surface area contributed by atoms with Gasteiger partial charge in [0.05, 0.1) is 12.7 Å². The third kappa shape index (κ3) is 4.06. The minimum Gasteiger partial charge on any atom is -0.388 e. The fraction of sp³-hybridized carbons (Fsp3) is 0.857. The van der Waals surface area contributed by atoms with Gasteiger partial charge in [-0.15, -0.1) is 5.10 Å². The van der Waals surface area contributed by atoms with E-state index in [1.54, 1.807) is 0 Å². The summed E-state index contributed by atoms with van der Waals surface area (Å²) >= 11 is 0. The predicted octanol–water partition coefficient (Wildman–Crippen LogP) is -5.66. The summed E-state index contributed by atoms with van der Waals surface area (Å²) in [5.41, 5.74) is 0. The lowest BCUT2D eigenvalue weighted by atomic mass is 9.99. The second-order valence-corrected chi connectivity index (χ2v) is 6.86. The van der Waals surface area contributed by atoms with Crippen molar-refractivity contribution in [2.24, 2.45) is 0 Å². The van der Waals surface area contributed by atoms with Crippen molar-refractivity contribution in [2.75, 3.05) is 18.0 Å². The first-order valence-electron chi connectivity index (χ1n) is 8.44. The number of anilines is 1. The maximum absolute atomic E-state index is 9.97. The van der Waals surface area contributed by atoms with E-state index in [4.69, 9.17) is 4.74 Å². The zero-order chi connectivity index (χ0) is 19.9. The van der Waals surface area contributed by atoms with Gasteiger partial charge in [-0.25, -0.2) is 4.68 Å². The molecular formula is C14H24N4O9. The molecule has 0 aromatic carbocycles. The Morgan fingerprint density at radius 1 is 0.852 bits per heavy atom. The molecule has 2 aliphatic rings. The number of hydrogen-bond donors (Lipinski definition) is 8. The Morgan fingerprint density at radius 3 is 2.04 bits per heavy atom. The fourth-order valence-electron chi connectivity index (χ4n) is 3.17. The van der Waals surface area contributed by atoms with Crippen LogP contribution in [-0.2, 0) is 11.3 Å². The molecule has 2 saturated heterocycles. The van der Waals surface area contributed by atoms with Gasteiger partial charge in [0, 0.05) is 13.1 Å². The average Bonchev–Trinajstić information content (AvgIpc) is 3.07. The summed E-state index contributed by atoms with van der Waals surface area (Å²) in [6.45, 7) is -0.334. The largest absolute Gasteiger partial charge is 0.388 e. The molecule has 0 unspecified atom stereocenters. The fourth-order valence-corrected chi connectivity index (χ4v) is 3.17. The minimum absolute atomic E-state index is 0.111. The molecule has 9 atom stereocenters. The maximum Gasteiger partial charge on any atom is 0.184 e. The summed E-state index contributed by atoms with van der Waals surface area (Å²) in [5, 5.41) is 85.8. The highest BCUT2D eigenvalue weighted by Crippen LogP contribution is 2.22. The quantitative estimate of drug-likeness (QED) is 0.242. The Balaban J connectivity index is 1.69. The van der Waals surface area contributed by atoms with Gasteiger partial charge in [0.25, 0.3) is 0 Å². The van der Waals surface area contributed by atoms with Gasteiger partial charge < -0.3 is 50.5 Å². The maximum atomic E-state index is 9.97. The summed E-state index contributed by atoms with van der Waals surface area (Å²) in [6.07, 6.45) is -11.7. The van der Waals surface area contributed by atoms with Crippen molar-refractivity contribution in [1.82, 2.24) is 15.0 Å². The van der Waals surface area contributed by atoms with Gasteiger partial charge in [-0.2, -0.15) is 0 Å². The Morgan fingerprint density at radius 2 is 1.44 bits per heavy atom. The van der Waals surface area contributed by atoms with Crippen molar-refractivity contribution in [3.63, 3.8) is 0 Å². The monoisotopic (exact) mass is 392 g/mol. The highest BCUT2D eigenvalue weighted by molar-refractivity contribution is 5.36. The number of ether oxygens (including phenoxy) is 1. The molecule has 13 heteroatoms. The van der Waals surface area contributed by atoms with E-state index in [0.29, 0.717) is 0 Å². The number of β-amino-alcohol motifs (C(OH)–C–C–N with tert-alkyl or cyclic N) is 2. The third-order valence-electron chi connectivity index (χ3n) is 4.86. The Kier molecular flexibility index (Phi) is 5.95. The molecule has 2 aliphatic heterocycles. The summed E-state index contributed by atoms with van der Waals surface area (Å²) in [7, 11) is 0. The molecule has 0 amide bonds. The van der Waals surface area contributed by atoms with Crippen LogP contribution in [0.25, 0.3) is 0 Å². The predicted molar refractivity (Wildman–Crippen MR) is 85.2 cm³/mol. The topological polar surface area (TPSA) is 205 Å². The standard InChI is InChI=1S/C14H24N4O9/c19-5-1-17(2-6(20)10(22)9(5)21)8-4-18(16-15-8)3-7-11(23)12(24)13(25)14(26)27-7/h4-7,9-14,19-26H,1-3H2/t5-,6-,7-,9-,10-,11-,12+,13-,14-/m1/s1. The highest BCUT2D eigenvalue weighted by Gasteiger charge is 2.43. The van der Waals surface area contributed by atoms with Gasteiger partial charge >= 0.3 is 0 Å². The first-order valence-corrected chi connectivity index (χ1v) is 8.44. The van der Waals surface area contributed by atoms with Crippen LogP contribution in [0, 0.1) is 0 Å². The third-order valence-corrected chi connectivity index (χ3v) is 4.86. The summed E-state index contributed by atoms with van der Waals surface area (Å²) in [6, 6.07) is 0. The van der Waals surface area contributed by atoms with Crippen molar-refractivity contribution in [1.29, 1.82) is 0 Å². The normalized spacial score (nSPS) is 43.6. The molecule has 1 aromatic heterocycles. The molecule has 3 heterocycles. The highest BCUT2D eigenvalue weighted by atomic mass is 16.6. The molecule has 1 aromatic rings. The molecule has 0 aliphatic carbocycles. The van der Waals surface area contributed by atoms with Crippen LogP contribution in [-0.4, -0.2) is 124 Å². The van der Waals surface area contributed by atoms with Crippen LogP contribution >= 0.6 is 0 Å². The van der Waals surface area contributed by atoms with E-state index >= 15 is 0 Å². The van der Waals surface area contributed by atoms with E-state index in [1.165, 1.54) is 15.8 Å². The van der Waals surface area contributed by atoms with E-state index in [0.717, 1.165) is 0 Å². The van der Waals surface area contributed by atoms with Crippen LogP contribution < -0.4 is 4.90 Å². The van der Waals surface area contributed by atoms with Gasteiger partial charge in [-0.3, -0.25) is 0 Å². The van der Waals surface area contributed by atoms with Crippen LogP contribution in [0.4, 0.5) is 5.82 Å². The number of aliphatic hydroxyl groups excluding tert-OH is 8. The minimum atomic E-state index is -1.67. The van der Waals surface area contributed by atoms with Gasteiger partial charge in [0.1, 0.15) is 48.8 Å². The lowest BCUT2D eigenvalue weighted by Crippen LogP contribution is -2.58. The average molecular weight is 392 g/mol. The Labute approximate surface area is 153 Å². The Bertz CT molecular complexity index is 617. The zero-order valence-corrected chi connectivity index (χ0v) is 14.2. The van der Waals surface area contributed by atoms with Gasteiger partial charge in [-0.1, -0.05) is 5.21 Å². The van der Waals surface area contributed by atoms with Crippen molar-refractivity contribution in [2.45, 2.75) is 61.7 Å². The van der Waals surface area contributed by atoms with Crippen molar-refractivity contribution >= 4 is 5.82 Å². The van der Waals surface area contributed by atoms with Crippen molar-refractivity contribution in [3.8, 4) is 0 Å². The van der Waals surface area contributed by atoms with Crippen LogP contribution in [0.15, 0.2) is 6.20 Å². The first kappa shape index (κ1) is 20.3. The molecule has 0 spiro atoms. The van der Waals surface area contributed by atoms with Crippen LogP contribution in [0.1, 0.15) is 0 Å². The molecule has 3 rings (SSSR count). The summed E-state index contributed by atoms with van der Waals surface area (Å²) in [5.74, 6) is 0.223. The molecule has 154 valence electrons. The van der Waals surface area contributed by atoms with E-state index in [1.807, 2.05) is 0 Å². The second-order valence-electron chi connectivity index (χ2n) is 6.86. The molecule has 27 heavy (non-hydrogen) atoms. The first-order chi connectivity index (χ1) is 12.7. The van der Waals surface area contributed by atoms with Crippen LogP contribution in [0.5, 0.6) is 0 Å². The van der Waals surface area contributed by atoms with Gasteiger partial charge in [0.2, 0.25) is 0 Å². The van der Waals surface area contributed by atoms with E-state index in [2.05, 4.69) is 10.3 Å². The van der Waals surface area contributed by atoms with Crippen molar-refractivity contribution in [3.05, 3.63) is 6.20 Å². The molecule has 13 nitrogen and oxygen atoms in total. The van der Waals surface area contributed by atoms with Gasteiger partial charge in [-0.05, 0) is 0 Å². The SMILES string of the molecule is O[C@@H]1[C@@H](O)[C@H](O)O[C@H](Cn2cc(N3C[C@@H](O)[C@@H](O)[C@H](O)[C@H](O)C3)nn2)[C@H]1O. The van der Waals surface area contributed by atoms with Crippen molar-refractivity contribution < 1.29 is 45.6 Å². The summed E-state index contributed by atoms with van der Waals surface area (Å²) < 4.78 is 6.32. The number of aromatic nitrogens is 3. The Hall–Kier alpha value is -1.42. The van der Waals surface area contributed by atoms with Crippen LogP contribution in [0.2, 0.25) is 0 Å². The van der Waals surface area contributed by atoms with E-state index in [-0.39, 0.29) is 25.5 Å². The van der Waals surface area contributed by atoms with E-state index < -0.39 is 55.1 Å². The number of aliphatic hydroxyl groups is 8. The van der Waals surface area contributed by atoms with Crippen LogP contribution in [0.3, 0.4) is 0 Å². The number of rotatable bonds is 3. The molecule has 0 radical (unpaired) electrons. The van der Waals surface area contributed by atoms with Gasteiger partial charge in [0.15, 0.2) is 12.1 Å². The smallest absolute Gasteiger partial charge is 0.184 e. The number of hydrogen-bond acceptors (Lipinski definition) is 12. The lowest BCUT2D eigenvalue weighted by molar-refractivity contribution is -0.284. The molecule has 8 N–H and O–H groups in total. The van der Waals surface area contributed by atoms with E-state index in [9.17, 15) is 40.9 Å². The number of nitrogens with zero attached hydrogens (tertiary/aromatic N) is 4. The lowest BCUT2D eigenvalue weighted by Gasteiger charge is -2.38.